The maximum atomic E-state index is 13.0. The third-order valence-electron chi connectivity index (χ3n) is 4.92. The molecular weight excluding hydrogens is 411 g/mol. The Labute approximate surface area is 185 Å². The Morgan fingerprint density at radius 3 is 2.29 bits per heavy atom. The molecule has 1 aromatic carbocycles. The van der Waals surface area contributed by atoms with Gasteiger partial charge in [-0.3, -0.25) is 14.6 Å². The highest BCUT2D eigenvalue weighted by Gasteiger charge is 2.30. The van der Waals surface area contributed by atoms with Crippen LogP contribution in [0.25, 0.3) is 0 Å². The molecule has 8 nitrogen and oxygen atoms in total. The minimum Gasteiger partial charge on any atom is -0.426 e. The summed E-state index contributed by atoms with van der Waals surface area (Å²) in [5.41, 5.74) is 0.991. The fourth-order valence-corrected chi connectivity index (χ4v) is 4.14. The second kappa shape index (κ2) is 11.7. The Hall–Kier alpha value is -2.56. The Kier molecular flexibility index (Phi) is 9.35. The number of hydrogen-bond acceptors (Lipinski definition) is 6. The van der Waals surface area contributed by atoms with Crippen LogP contribution in [-0.4, -0.2) is 59.7 Å². The van der Waals surface area contributed by atoms with Crippen molar-refractivity contribution in [2.45, 2.75) is 51.8 Å². The molecule has 0 unspecified atom stereocenters. The molecule has 0 bridgehead atoms. The molecule has 166 valence electrons. The van der Waals surface area contributed by atoms with Crippen molar-refractivity contribution in [3.63, 3.8) is 0 Å². The van der Waals surface area contributed by atoms with E-state index >= 15 is 0 Å². The quantitative estimate of drug-likeness (QED) is 0.386. The maximum absolute atomic E-state index is 13.0. The lowest BCUT2D eigenvalue weighted by Gasteiger charge is -2.24. The van der Waals surface area contributed by atoms with Crippen molar-refractivity contribution in [2.24, 2.45) is 5.92 Å². The third kappa shape index (κ3) is 7.89. The van der Waals surface area contributed by atoms with E-state index in [2.05, 4.69) is 45.8 Å². The predicted molar refractivity (Wildman–Crippen MR) is 124 cm³/mol. The van der Waals surface area contributed by atoms with Crippen molar-refractivity contribution in [3.8, 4) is 0 Å². The highest BCUT2D eigenvalue weighted by Crippen LogP contribution is 2.09. The molecule has 0 aliphatic carbocycles. The zero-order valence-electron chi connectivity index (χ0n) is 18.4. The Morgan fingerprint density at radius 1 is 1.10 bits per heavy atom. The summed E-state index contributed by atoms with van der Waals surface area (Å²) in [6, 6.07) is 7.13. The fourth-order valence-electron chi connectivity index (χ4n) is 3.18. The first kappa shape index (κ1) is 24.7. The highest BCUT2D eigenvalue weighted by molar-refractivity contribution is 6.70. The van der Waals surface area contributed by atoms with Gasteiger partial charge in [0.1, 0.15) is 11.7 Å². The topological polar surface area (TPSA) is 124 Å². The lowest BCUT2D eigenvalue weighted by Crippen LogP contribution is -2.55. The van der Waals surface area contributed by atoms with E-state index in [-0.39, 0.29) is 18.0 Å². The molecule has 0 aliphatic heterocycles. The van der Waals surface area contributed by atoms with Crippen molar-refractivity contribution >= 4 is 32.9 Å². The number of hydrogen-bond donors (Lipinski definition) is 4. The van der Waals surface area contributed by atoms with Gasteiger partial charge in [-0.1, -0.05) is 56.4 Å². The van der Waals surface area contributed by atoms with E-state index in [9.17, 15) is 19.6 Å². The van der Waals surface area contributed by atoms with E-state index < -0.39 is 39.7 Å². The van der Waals surface area contributed by atoms with E-state index in [0.717, 1.165) is 5.56 Å². The summed E-state index contributed by atoms with van der Waals surface area (Å²) in [4.78, 5) is 33.5. The Bertz CT molecular complexity index is 850. The van der Waals surface area contributed by atoms with Gasteiger partial charge in [-0.05, 0) is 17.9 Å². The average molecular weight is 442 g/mol. The van der Waals surface area contributed by atoms with Crippen LogP contribution in [0.4, 0.5) is 0 Å². The van der Waals surface area contributed by atoms with E-state index in [1.54, 1.807) is 0 Å². The van der Waals surface area contributed by atoms with Gasteiger partial charge < -0.3 is 20.7 Å². The summed E-state index contributed by atoms with van der Waals surface area (Å²) in [7, 11) is -2.63. The minimum absolute atomic E-state index is 0.0994. The molecule has 1 heterocycles. The Morgan fingerprint density at radius 2 is 1.77 bits per heavy atom. The predicted octanol–water partition coefficient (Wildman–Crippen LogP) is 0.0543. The second-order valence-electron chi connectivity index (χ2n) is 8.38. The van der Waals surface area contributed by atoms with E-state index in [1.165, 1.54) is 23.8 Å². The SMILES string of the molecule is CC(C)C[C@H](NC(=O)[C@H](Cc1ccc([SiH](C)C)cc1)NC(=O)c1cnccn1)B(O)O. The molecule has 0 fully saturated rings. The summed E-state index contributed by atoms with van der Waals surface area (Å²) in [6.07, 6.45) is 4.83. The Balaban J connectivity index is 2.21. The number of rotatable bonds is 10. The molecule has 0 radical (unpaired) electrons. The van der Waals surface area contributed by atoms with E-state index in [1.807, 2.05) is 26.0 Å². The van der Waals surface area contributed by atoms with Crippen LogP contribution in [-0.2, 0) is 11.2 Å². The van der Waals surface area contributed by atoms with Crippen molar-refractivity contribution in [1.82, 2.24) is 20.6 Å². The van der Waals surface area contributed by atoms with Gasteiger partial charge in [0, 0.05) is 18.8 Å². The summed E-state index contributed by atoms with van der Waals surface area (Å²) >= 11 is 0. The minimum atomic E-state index is -1.70. The van der Waals surface area contributed by atoms with Crippen LogP contribution in [0.5, 0.6) is 0 Å². The fraction of sp³-hybridized carbons (Fsp3) is 0.429. The van der Waals surface area contributed by atoms with Crippen molar-refractivity contribution in [2.75, 3.05) is 0 Å². The molecule has 0 saturated heterocycles. The van der Waals surface area contributed by atoms with Crippen LogP contribution in [0.1, 0.15) is 36.3 Å². The molecule has 0 saturated carbocycles. The van der Waals surface area contributed by atoms with Gasteiger partial charge >= 0.3 is 7.12 Å². The molecule has 2 aromatic rings. The second-order valence-corrected chi connectivity index (χ2v) is 11.4. The van der Waals surface area contributed by atoms with Crippen LogP contribution < -0.4 is 15.8 Å². The molecule has 2 atom stereocenters. The molecule has 4 N–H and O–H groups in total. The normalized spacial score (nSPS) is 13.0. The zero-order valence-corrected chi connectivity index (χ0v) is 19.6. The summed E-state index contributed by atoms with van der Waals surface area (Å²) in [5.74, 6) is -1.70. The van der Waals surface area contributed by atoms with Gasteiger partial charge in [0.2, 0.25) is 5.91 Å². The van der Waals surface area contributed by atoms with Gasteiger partial charge in [0.15, 0.2) is 0 Å². The van der Waals surface area contributed by atoms with Crippen LogP contribution in [0.3, 0.4) is 0 Å². The number of nitrogens with zero attached hydrogens (tertiary/aromatic N) is 2. The zero-order chi connectivity index (χ0) is 23.0. The maximum Gasteiger partial charge on any atom is 0.475 e. The average Bonchev–Trinajstić information content (AvgIpc) is 2.73. The monoisotopic (exact) mass is 442 g/mol. The van der Waals surface area contributed by atoms with Crippen LogP contribution in [0, 0.1) is 5.92 Å². The summed E-state index contributed by atoms with van der Waals surface area (Å²) < 4.78 is 0. The van der Waals surface area contributed by atoms with Crippen molar-refractivity contribution in [1.29, 1.82) is 0 Å². The van der Waals surface area contributed by atoms with Gasteiger partial charge in [0.05, 0.1) is 20.9 Å². The number of aromatic nitrogens is 2. The lowest BCUT2D eigenvalue weighted by atomic mass is 9.75. The molecular formula is C21H31BN4O4Si. The number of carbonyl (C=O) groups is 2. The van der Waals surface area contributed by atoms with Crippen LogP contribution in [0.2, 0.25) is 13.1 Å². The lowest BCUT2D eigenvalue weighted by molar-refractivity contribution is -0.123. The first-order valence-corrected chi connectivity index (χ1v) is 13.4. The molecule has 1 aromatic heterocycles. The number of nitrogens with one attached hydrogen (secondary N) is 2. The smallest absolute Gasteiger partial charge is 0.426 e. The largest absolute Gasteiger partial charge is 0.475 e. The van der Waals surface area contributed by atoms with Crippen LogP contribution >= 0.6 is 0 Å². The molecule has 0 aliphatic rings. The number of amides is 2. The van der Waals surface area contributed by atoms with Gasteiger partial charge in [0.25, 0.3) is 5.91 Å². The van der Waals surface area contributed by atoms with Crippen molar-refractivity contribution < 1.29 is 19.6 Å². The first-order valence-electron chi connectivity index (χ1n) is 10.5. The summed E-state index contributed by atoms with van der Waals surface area (Å²) in [5, 5.41) is 26.0. The van der Waals surface area contributed by atoms with E-state index in [0.29, 0.717) is 6.42 Å². The molecule has 31 heavy (non-hydrogen) atoms. The van der Waals surface area contributed by atoms with Crippen LogP contribution in [0.15, 0.2) is 42.9 Å². The van der Waals surface area contributed by atoms with Gasteiger partial charge in [-0.15, -0.1) is 0 Å². The standard InChI is InChI=1S/C21H31BN4O4Si/c1-14(2)11-19(22(29)30)26-20(27)17(25-21(28)18-13-23-9-10-24-18)12-15-5-7-16(8-6-15)31(3)4/h5-10,13-14,17,19,29-31H,11-12H2,1-4H3,(H,25,28)(H,26,27)/t17-,19-/m0/s1. The molecule has 0 spiro atoms. The molecule has 10 heteroatoms. The number of benzene rings is 1. The van der Waals surface area contributed by atoms with E-state index in [4.69, 9.17) is 0 Å². The number of carbonyl (C=O) groups excluding carboxylic acids is 2. The third-order valence-corrected chi connectivity index (χ3v) is 6.63. The van der Waals surface area contributed by atoms with Gasteiger partial charge in [-0.25, -0.2) is 4.98 Å². The van der Waals surface area contributed by atoms with Crippen molar-refractivity contribution in [3.05, 3.63) is 54.1 Å². The summed E-state index contributed by atoms with van der Waals surface area (Å²) in [6.45, 7) is 8.33. The van der Waals surface area contributed by atoms with Gasteiger partial charge in [-0.2, -0.15) is 0 Å². The first-order chi connectivity index (χ1) is 14.7. The molecule has 2 amide bonds. The highest BCUT2D eigenvalue weighted by atomic mass is 28.3. The molecule has 2 rings (SSSR count).